The van der Waals surface area contributed by atoms with Crippen LogP contribution in [0.3, 0.4) is 0 Å². The third kappa shape index (κ3) is 3.83. The summed E-state index contributed by atoms with van der Waals surface area (Å²) in [5.41, 5.74) is 6.88. The maximum Gasteiger partial charge on any atom is 0.120 e. The van der Waals surface area contributed by atoms with E-state index >= 15 is 0 Å². The molecule has 1 aromatic rings. The van der Waals surface area contributed by atoms with Crippen LogP contribution in [0.5, 0.6) is 0 Å². The molecule has 0 spiro atoms. The Morgan fingerprint density at radius 3 is 2.58 bits per heavy atom. The molecule has 1 fully saturated rings. The average Bonchev–Trinajstić information content (AvgIpc) is 2.97. The molecule has 1 aliphatic rings. The Balaban J connectivity index is 2.05. The van der Waals surface area contributed by atoms with Gasteiger partial charge in [0.05, 0.1) is 13.1 Å². The molecule has 0 atom stereocenters. The molecule has 0 bridgehead atoms. The van der Waals surface area contributed by atoms with Gasteiger partial charge in [-0.2, -0.15) is 0 Å². The minimum absolute atomic E-state index is 0.499. The Hall–Kier alpha value is -0.800. The molecule has 3 heteroatoms. The molecule has 1 heterocycles. The molecule has 0 saturated heterocycles. The van der Waals surface area contributed by atoms with Gasteiger partial charge in [-0.1, -0.05) is 26.7 Å². The Kier molecular flexibility index (Phi) is 5.06. The van der Waals surface area contributed by atoms with Gasteiger partial charge in [0.2, 0.25) is 0 Å². The van der Waals surface area contributed by atoms with E-state index in [-0.39, 0.29) is 0 Å². The van der Waals surface area contributed by atoms with Crippen molar-refractivity contribution in [2.75, 3.05) is 6.54 Å². The molecule has 0 unspecified atom stereocenters. The third-order valence-corrected chi connectivity index (χ3v) is 4.06. The molecule has 1 aromatic heterocycles. The van der Waals surface area contributed by atoms with Crippen molar-refractivity contribution in [3.05, 3.63) is 23.2 Å². The van der Waals surface area contributed by atoms with Crippen LogP contribution in [0.15, 0.2) is 10.5 Å². The Labute approximate surface area is 117 Å². The van der Waals surface area contributed by atoms with Gasteiger partial charge in [-0.3, -0.25) is 4.90 Å². The number of furan rings is 1. The van der Waals surface area contributed by atoms with Gasteiger partial charge in [-0.25, -0.2) is 0 Å². The highest BCUT2D eigenvalue weighted by Gasteiger charge is 2.24. The fourth-order valence-electron chi connectivity index (χ4n) is 3.15. The number of hydrogen-bond donors (Lipinski definition) is 1. The van der Waals surface area contributed by atoms with Crippen LogP contribution in [0.1, 0.15) is 56.6 Å². The number of aryl methyl sites for hydroxylation is 1. The van der Waals surface area contributed by atoms with Crippen molar-refractivity contribution in [3.8, 4) is 0 Å². The number of rotatable bonds is 6. The van der Waals surface area contributed by atoms with Crippen LogP contribution in [0.25, 0.3) is 0 Å². The second kappa shape index (κ2) is 6.58. The van der Waals surface area contributed by atoms with Crippen LogP contribution in [0.2, 0.25) is 0 Å². The fourth-order valence-corrected chi connectivity index (χ4v) is 3.15. The second-order valence-corrected chi connectivity index (χ2v) is 6.28. The van der Waals surface area contributed by atoms with Crippen LogP contribution < -0.4 is 5.73 Å². The predicted octanol–water partition coefficient (Wildman–Crippen LogP) is 3.45. The molecule has 2 N–H and O–H groups in total. The van der Waals surface area contributed by atoms with Crippen LogP contribution >= 0.6 is 0 Å². The van der Waals surface area contributed by atoms with Crippen LogP contribution in [0, 0.1) is 12.8 Å². The zero-order valence-corrected chi connectivity index (χ0v) is 12.6. The van der Waals surface area contributed by atoms with E-state index in [2.05, 4.69) is 31.7 Å². The molecule has 0 amide bonds. The summed E-state index contributed by atoms with van der Waals surface area (Å²) >= 11 is 0. The minimum Gasteiger partial charge on any atom is -0.463 e. The van der Waals surface area contributed by atoms with Crippen molar-refractivity contribution in [1.82, 2.24) is 4.90 Å². The predicted molar refractivity (Wildman–Crippen MR) is 78.8 cm³/mol. The van der Waals surface area contributed by atoms with Gasteiger partial charge in [-0.15, -0.1) is 0 Å². The molecular formula is C16H28N2O. The van der Waals surface area contributed by atoms with Crippen molar-refractivity contribution in [1.29, 1.82) is 0 Å². The molecule has 1 saturated carbocycles. The van der Waals surface area contributed by atoms with Gasteiger partial charge >= 0.3 is 0 Å². The van der Waals surface area contributed by atoms with Crippen LogP contribution in [-0.2, 0) is 13.1 Å². The van der Waals surface area contributed by atoms with Gasteiger partial charge in [-0.05, 0) is 37.3 Å². The summed E-state index contributed by atoms with van der Waals surface area (Å²) in [6.07, 6.45) is 5.45. The van der Waals surface area contributed by atoms with E-state index in [9.17, 15) is 0 Å². The summed E-state index contributed by atoms with van der Waals surface area (Å²) < 4.78 is 5.87. The first-order chi connectivity index (χ1) is 9.10. The quantitative estimate of drug-likeness (QED) is 0.855. The van der Waals surface area contributed by atoms with E-state index in [1.165, 1.54) is 31.2 Å². The fraction of sp³-hybridized carbons (Fsp3) is 0.750. The number of hydrogen-bond acceptors (Lipinski definition) is 3. The maximum atomic E-state index is 5.87. The summed E-state index contributed by atoms with van der Waals surface area (Å²) in [6, 6.07) is 2.90. The van der Waals surface area contributed by atoms with E-state index < -0.39 is 0 Å². The Morgan fingerprint density at radius 1 is 1.37 bits per heavy atom. The van der Waals surface area contributed by atoms with E-state index in [0.29, 0.717) is 12.5 Å². The van der Waals surface area contributed by atoms with E-state index in [4.69, 9.17) is 10.2 Å². The zero-order chi connectivity index (χ0) is 13.8. The summed E-state index contributed by atoms with van der Waals surface area (Å²) in [6.45, 7) is 9.25. The van der Waals surface area contributed by atoms with Gasteiger partial charge in [0.15, 0.2) is 0 Å². The average molecular weight is 264 g/mol. The van der Waals surface area contributed by atoms with Gasteiger partial charge in [0.1, 0.15) is 11.5 Å². The summed E-state index contributed by atoms with van der Waals surface area (Å²) in [5.74, 6) is 2.71. The molecule has 0 aromatic carbocycles. The zero-order valence-electron chi connectivity index (χ0n) is 12.6. The highest BCUT2D eigenvalue weighted by atomic mass is 16.3. The smallest absolute Gasteiger partial charge is 0.120 e. The van der Waals surface area contributed by atoms with Crippen molar-refractivity contribution in [2.24, 2.45) is 11.7 Å². The van der Waals surface area contributed by atoms with Gasteiger partial charge < -0.3 is 10.2 Å². The maximum absolute atomic E-state index is 5.87. The SMILES string of the molecule is Cc1cc(CN(CC(C)C)C2CCCC2)oc1CN. The standard InChI is InChI=1S/C16H28N2O/c1-12(2)10-18(14-6-4-5-7-14)11-15-8-13(3)16(9-17)19-15/h8,12,14H,4-7,9-11,17H2,1-3H3. The molecular weight excluding hydrogens is 236 g/mol. The second-order valence-electron chi connectivity index (χ2n) is 6.28. The monoisotopic (exact) mass is 264 g/mol. The molecule has 1 aliphatic carbocycles. The highest BCUT2D eigenvalue weighted by molar-refractivity contribution is 5.19. The van der Waals surface area contributed by atoms with Crippen LogP contribution in [0.4, 0.5) is 0 Å². The largest absolute Gasteiger partial charge is 0.463 e. The number of nitrogens with two attached hydrogens (primary N) is 1. The van der Waals surface area contributed by atoms with E-state index in [1.54, 1.807) is 0 Å². The lowest BCUT2D eigenvalue weighted by molar-refractivity contribution is 0.155. The molecule has 19 heavy (non-hydrogen) atoms. The van der Waals surface area contributed by atoms with Crippen molar-refractivity contribution < 1.29 is 4.42 Å². The van der Waals surface area contributed by atoms with Gasteiger partial charge in [0, 0.05) is 12.6 Å². The lowest BCUT2D eigenvalue weighted by atomic mass is 10.1. The molecule has 3 nitrogen and oxygen atoms in total. The lowest BCUT2D eigenvalue weighted by Crippen LogP contribution is -2.35. The number of nitrogens with zero attached hydrogens (tertiary/aromatic N) is 1. The molecule has 108 valence electrons. The first kappa shape index (κ1) is 14.6. The van der Waals surface area contributed by atoms with Crippen molar-refractivity contribution >= 4 is 0 Å². The molecule has 0 radical (unpaired) electrons. The highest BCUT2D eigenvalue weighted by Crippen LogP contribution is 2.26. The van der Waals surface area contributed by atoms with Crippen LogP contribution in [-0.4, -0.2) is 17.5 Å². The van der Waals surface area contributed by atoms with E-state index in [1.807, 2.05) is 0 Å². The molecule has 0 aliphatic heterocycles. The minimum atomic E-state index is 0.499. The lowest BCUT2D eigenvalue weighted by Gasteiger charge is -2.29. The summed E-state index contributed by atoms with van der Waals surface area (Å²) in [5, 5.41) is 0. The van der Waals surface area contributed by atoms with Crippen molar-refractivity contribution in [3.63, 3.8) is 0 Å². The normalized spacial score (nSPS) is 16.9. The summed E-state index contributed by atoms with van der Waals surface area (Å²) in [7, 11) is 0. The first-order valence-corrected chi connectivity index (χ1v) is 7.62. The first-order valence-electron chi connectivity index (χ1n) is 7.62. The van der Waals surface area contributed by atoms with Gasteiger partial charge in [0.25, 0.3) is 0 Å². The third-order valence-electron chi connectivity index (χ3n) is 4.06. The van der Waals surface area contributed by atoms with E-state index in [0.717, 1.165) is 30.7 Å². The Bertz CT molecular complexity index is 391. The summed E-state index contributed by atoms with van der Waals surface area (Å²) in [4.78, 5) is 2.61. The molecule has 2 rings (SSSR count). The van der Waals surface area contributed by atoms with Crippen molar-refractivity contribution in [2.45, 2.75) is 65.6 Å². The Morgan fingerprint density at radius 2 is 2.05 bits per heavy atom. The topological polar surface area (TPSA) is 42.4 Å².